The third-order valence-electron chi connectivity index (χ3n) is 3.60. The summed E-state index contributed by atoms with van der Waals surface area (Å²) in [5, 5.41) is 10.8. The fraction of sp³-hybridized carbons (Fsp3) is 0.118. The molecule has 0 saturated carbocycles. The van der Waals surface area contributed by atoms with Gasteiger partial charge in [-0.1, -0.05) is 30.3 Å². The molecule has 5 nitrogen and oxygen atoms in total. The second kappa shape index (κ2) is 5.48. The van der Waals surface area contributed by atoms with E-state index < -0.39 is 0 Å². The predicted octanol–water partition coefficient (Wildman–Crippen LogP) is 4.14. The van der Waals surface area contributed by atoms with E-state index in [-0.39, 0.29) is 0 Å². The fourth-order valence-electron chi connectivity index (χ4n) is 2.59. The molecule has 114 valence electrons. The molecular weight excluding hydrogens is 306 g/mol. The van der Waals surface area contributed by atoms with Crippen LogP contribution in [0.1, 0.15) is 5.82 Å². The highest BCUT2D eigenvalue weighted by Gasteiger charge is 2.14. The number of nitrogens with zero attached hydrogens (tertiary/aromatic N) is 4. The van der Waals surface area contributed by atoms with Crippen LogP contribution in [0.25, 0.3) is 21.3 Å². The van der Waals surface area contributed by atoms with Crippen molar-refractivity contribution in [2.75, 3.05) is 5.32 Å². The molecule has 0 atom stereocenters. The van der Waals surface area contributed by atoms with Gasteiger partial charge in [-0.25, -0.2) is 9.97 Å². The summed E-state index contributed by atoms with van der Waals surface area (Å²) in [5.74, 6) is 1.57. The van der Waals surface area contributed by atoms with Crippen LogP contribution in [-0.4, -0.2) is 19.7 Å². The van der Waals surface area contributed by atoms with E-state index in [4.69, 9.17) is 0 Å². The molecule has 0 aliphatic heterocycles. The number of aromatic nitrogens is 4. The minimum Gasteiger partial charge on any atom is -0.337 e. The molecule has 6 heteroatoms. The van der Waals surface area contributed by atoms with E-state index in [2.05, 4.69) is 37.9 Å². The van der Waals surface area contributed by atoms with E-state index >= 15 is 0 Å². The Morgan fingerprint density at radius 3 is 2.70 bits per heavy atom. The topological polar surface area (TPSA) is 55.6 Å². The summed E-state index contributed by atoms with van der Waals surface area (Å²) >= 11 is 1.64. The first-order valence-electron chi connectivity index (χ1n) is 7.27. The number of benzene rings is 1. The molecule has 1 aromatic carbocycles. The van der Waals surface area contributed by atoms with E-state index in [0.29, 0.717) is 0 Å². The summed E-state index contributed by atoms with van der Waals surface area (Å²) in [4.78, 5) is 10.2. The molecule has 23 heavy (non-hydrogen) atoms. The molecule has 3 heterocycles. The van der Waals surface area contributed by atoms with Gasteiger partial charge in [0.1, 0.15) is 16.5 Å². The lowest BCUT2D eigenvalue weighted by Gasteiger charge is -2.08. The van der Waals surface area contributed by atoms with E-state index in [9.17, 15) is 0 Å². The third kappa shape index (κ3) is 2.57. The van der Waals surface area contributed by atoms with E-state index in [1.807, 2.05) is 38.4 Å². The van der Waals surface area contributed by atoms with Crippen LogP contribution >= 0.6 is 11.3 Å². The van der Waals surface area contributed by atoms with E-state index in [1.54, 1.807) is 22.2 Å². The van der Waals surface area contributed by atoms with E-state index in [0.717, 1.165) is 33.1 Å². The zero-order chi connectivity index (χ0) is 15.8. The third-order valence-corrected chi connectivity index (χ3v) is 4.47. The van der Waals surface area contributed by atoms with Crippen LogP contribution in [0.2, 0.25) is 0 Å². The number of anilines is 2. The minimum atomic E-state index is 0.755. The number of rotatable bonds is 3. The van der Waals surface area contributed by atoms with Gasteiger partial charge in [-0.3, -0.25) is 4.68 Å². The number of aryl methyl sites for hydroxylation is 2. The van der Waals surface area contributed by atoms with Gasteiger partial charge in [0.05, 0.1) is 17.3 Å². The van der Waals surface area contributed by atoms with Crippen molar-refractivity contribution in [2.24, 2.45) is 7.05 Å². The first-order chi connectivity index (χ1) is 11.2. The highest BCUT2D eigenvalue weighted by Crippen LogP contribution is 2.37. The van der Waals surface area contributed by atoms with Crippen LogP contribution in [0.5, 0.6) is 0 Å². The molecule has 0 aliphatic carbocycles. The summed E-state index contributed by atoms with van der Waals surface area (Å²) < 4.78 is 1.76. The van der Waals surface area contributed by atoms with Crippen molar-refractivity contribution in [2.45, 2.75) is 6.92 Å². The van der Waals surface area contributed by atoms with E-state index in [1.165, 1.54) is 5.56 Å². The Hall–Kier alpha value is -2.73. The molecule has 0 unspecified atom stereocenters. The molecule has 0 spiro atoms. The molecule has 0 radical (unpaired) electrons. The second-order valence-corrected chi connectivity index (χ2v) is 6.20. The van der Waals surface area contributed by atoms with Gasteiger partial charge in [0.2, 0.25) is 0 Å². The minimum absolute atomic E-state index is 0.755. The molecule has 0 amide bonds. The van der Waals surface area contributed by atoms with Gasteiger partial charge < -0.3 is 5.32 Å². The van der Waals surface area contributed by atoms with Crippen molar-refractivity contribution in [3.63, 3.8) is 0 Å². The molecule has 0 aliphatic rings. The maximum atomic E-state index is 4.61. The number of hydrogen-bond acceptors (Lipinski definition) is 5. The Kier molecular flexibility index (Phi) is 3.31. The number of fused-ring (bicyclic) bond motifs is 1. The molecule has 0 bridgehead atoms. The first kappa shape index (κ1) is 13.9. The van der Waals surface area contributed by atoms with Gasteiger partial charge in [-0.05, 0) is 12.5 Å². The van der Waals surface area contributed by atoms with Crippen molar-refractivity contribution in [1.82, 2.24) is 19.7 Å². The quantitative estimate of drug-likeness (QED) is 0.616. The van der Waals surface area contributed by atoms with Crippen molar-refractivity contribution < 1.29 is 0 Å². The molecule has 4 rings (SSSR count). The molecule has 4 aromatic rings. The van der Waals surface area contributed by atoms with Crippen LogP contribution in [0.4, 0.5) is 11.5 Å². The van der Waals surface area contributed by atoms with Crippen molar-refractivity contribution >= 4 is 33.1 Å². The fourth-order valence-corrected chi connectivity index (χ4v) is 3.58. The Morgan fingerprint density at radius 1 is 1.13 bits per heavy atom. The lowest BCUT2D eigenvalue weighted by atomic mass is 10.1. The summed E-state index contributed by atoms with van der Waals surface area (Å²) in [5.41, 5.74) is 3.23. The van der Waals surface area contributed by atoms with Crippen LogP contribution < -0.4 is 5.32 Å². The monoisotopic (exact) mass is 321 g/mol. The standard InChI is InChI=1S/C17H15N5S/c1-11-19-16(21-13-8-18-22(2)9-13)15-14(10-23-17(15)20-11)12-6-4-3-5-7-12/h3-10H,1-2H3,(H,19,20,21). The van der Waals surface area contributed by atoms with Gasteiger partial charge in [0.25, 0.3) is 0 Å². The number of hydrogen-bond donors (Lipinski definition) is 1. The Labute approximate surface area is 137 Å². The maximum Gasteiger partial charge on any atom is 0.143 e. The smallest absolute Gasteiger partial charge is 0.143 e. The Morgan fingerprint density at radius 2 is 1.96 bits per heavy atom. The van der Waals surface area contributed by atoms with Crippen LogP contribution in [0.3, 0.4) is 0 Å². The number of nitrogens with one attached hydrogen (secondary N) is 1. The van der Waals surface area contributed by atoms with Crippen LogP contribution in [-0.2, 0) is 7.05 Å². The number of thiophene rings is 1. The van der Waals surface area contributed by atoms with Crippen LogP contribution in [0.15, 0.2) is 48.1 Å². The first-order valence-corrected chi connectivity index (χ1v) is 8.15. The normalized spacial score (nSPS) is 11.0. The molecule has 3 aromatic heterocycles. The Balaban J connectivity index is 1.90. The highest BCUT2D eigenvalue weighted by atomic mass is 32.1. The second-order valence-electron chi connectivity index (χ2n) is 5.34. The summed E-state index contributed by atoms with van der Waals surface area (Å²) in [6.07, 6.45) is 3.72. The van der Waals surface area contributed by atoms with Crippen molar-refractivity contribution in [3.05, 3.63) is 53.9 Å². The van der Waals surface area contributed by atoms with Crippen molar-refractivity contribution in [1.29, 1.82) is 0 Å². The SMILES string of the molecule is Cc1nc(Nc2cnn(C)c2)c2c(-c3ccccc3)csc2n1. The van der Waals surface area contributed by atoms with Gasteiger partial charge in [-0.15, -0.1) is 11.3 Å². The largest absolute Gasteiger partial charge is 0.337 e. The highest BCUT2D eigenvalue weighted by molar-refractivity contribution is 7.17. The molecule has 1 N–H and O–H groups in total. The zero-order valence-corrected chi connectivity index (χ0v) is 13.6. The maximum absolute atomic E-state index is 4.61. The summed E-state index contributed by atoms with van der Waals surface area (Å²) in [7, 11) is 1.89. The Bertz CT molecular complexity index is 971. The lowest BCUT2D eigenvalue weighted by Crippen LogP contribution is -1.97. The van der Waals surface area contributed by atoms with Gasteiger partial charge in [0, 0.05) is 24.2 Å². The summed E-state index contributed by atoms with van der Waals surface area (Å²) in [6.45, 7) is 1.91. The molecular formula is C17H15N5S. The van der Waals surface area contributed by atoms with Gasteiger partial charge in [-0.2, -0.15) is 5.10 Å². The average Bonchev–Trinajstić information content (AvgIpc) is 3.14. The van der Waals surface area contributed by atoms with Crippen molar-refractivity contribution in [3.8, 4) is 11.1 Å². The molecule has 0 fully saturated rings. The van der Waals surface area contributed by atoms with Gasteiger partial charge >= 0.3 is 0 Å². The van der Waals surface area contributed by atoms with Crippen LogP contribution in [0, 0.1) is 6.92 Å². The lowest BCUT2D eigenvalue weighted by molar-refractivity contribution is 0.768. The zero-order valence-electron chi connectivity index (χ0n) is 12.8. The average molecular weight is 321 g/mol. The summed E-state index contributed by atoms with van der Waals surface area (Å²) in [6, 6.07) is 10.3. The molecule has 0 saturated heterocycles. The predicted molar refractivity (Wildman–Crippen MR) is 94.1 cm³/mol. The van der Waals surface area contributed by atoms with Gasteiger partial charge in [0.15, 0.2) is 0 Å².